The molecule has 0 bridgehead atoms. The van der Waals surface area contributed by atoms with Crippen LogP contribution in [0.2, 0.25) is 0 Å². The van der Waals surface area contributed by atoms with Gasteiger partial charge in [-0.15, -0.1) is 0 Å². The first-order chi connectivity index (χ1) is 6.47. The molecule has 0 fully saturated rings. The van der Waals surface area contributed by atoms with E-state index in [1.54, 1.807) is 0 Å². The highest BCUT2D eigenvalue weighted by Crippen LogP contribution is 2.05. The average molecular weight is 191 g/mol. The Kier molecular flexibility index (Phi) is 3.12. The lowest BCUT2D eigenvalue weighted by Gasteiger charge is -2.22. The molecule has 3 heteroatoms. The van der Waals surface area contributed by atoms with E-state index in [-0.39, 0.29) is 5.54 Å². The number of anilines is 1. The minimum absolute atomic E-state index is 0.0845. The first-order valence-electron chi connectivity index (χ1n) is 4.66. The Hall–Kier alpha value is -1.51. The van der Waals surface area contributed by atoms with Gasteiger partial charge >= 0.3 is 0 Å². The maximum absolute atomic E-state index is 7.66. The molecule has 0 saturated heterocycles. The van der Waals surface area contributed by atoms with Gasteiger partial charge in [-0.25, -0.2) is 0 Å². The third kappa shape index (κ3) is 3.94. The summed E-state index contributed by atoms with van der Waals surface area (Å²) in [7, 11) is 0. The average Bonchev–Trinajstić information content (AvgIpc) is 2.02. The zero-order chi connectivity index (χ0) is 10.6. The smallest absolute Gasteiger partial charge is 0.193 e. The van der Waals surface area contributed by atoms with Gasteiger partial charge in [-0.3, -0.25) is 5.41 Å². The summed E-state index contributed by atoms with van der Waals surface area (Å²) in [5.41, 5.74) is 0.841. The van der Waals surface area contributed by atoms with Crippen LogP contribution in [0.4, 0.5) is 5.69 Å². The molecule has 0 amide bonds. The molecule has 0 atom stereocenters. The van der Waals surface area contributed by atoms with Crippen molar-refractivity contribution < 1.29 is 0 Å². The van der Waals surface area contributed by atoms with Gasteiger partial charge in [0.2, 0.25) is 0 Å². The van der Waals surface area contributed by atoms with Gasteiger partial charge < -0.3 is 10.6 Å². The van der Waals surface area contributed by atoms with Crippen molar-refractivity contribution in [2.45, 2.75) is 26.3 Å². The molecule has 0 spiro atoms. The number of guanidine groups is 1. The van der Waals surface area contributed by atoms with E-state index >= 15 is 0 Å². The molecule has 76 valence electrons. The highest BCUT2D eigenvalue weighted by molar-refractivity contribution is 5.91. The molecule has 0 aliphatic rings. The van der Waals surface area contributed by atoms with Crippen LogP contribution in [0.25, 0.3) is 0 Å². The number of hydrogen-bond acceptors (Lipinski definition) is 1. The second kappa shape index (κ2) is 4.13. The molecule has 0 radical (unpaired) electrons. The molecule has 1 rings (SSSR count). The molecular weight excluding hydrogens is 174 g/mol. The molecule has 0 aromatic heterocycles. The van der Waals surface area contributed by atoms with Crippen LogP contribution in [0.15, 0.2) is 30.3 Å². The van der Waals surface area contributed by atoms with E-state index in [0.717, 1.165) is 5.69 Å². The summed E-state index contributed by atoms with van der Waals surface area (Å²) in [6.45, 7) is 6.07. The summed E-state index contributed by atoms with van der Waals surface area (Å²) in [5.74, 6) is 0.323. The van der Waals surface area contributed by atoms with Crippen LogP contribution in [0.3, 0.4) is 0 Å². The van der Waals surface area contributed by atoms with E-state index in [0.29, 0.717) is 5.96 Å². The van der Waals surface area contributed by atoms with E-state index in [9.17, 15) is 0 Å². The molecular formula is C11H17N3. The molecule has 0 heterocycles. The topological polar surface area (TPSA) is 47.9 Å². The van der Waals surface area contributed by atoms with Crippen LogP contribution in [0, 0.1) is 5.41 Å². The summed E-state index contributed by atoms with van der Waals surface area (Å²) >= 11 is 0. The number of para-hydroxylation sites is 1. The Bertz CT molecular complexity index is 298. The van der Waals surface area contributed by atoms with Crippen molar-refractivity contribution in [3.05, 3.63) is 30.3 Å². The third-order valence-corrected chi connectivity index (χ3v) is 1.54. The molecule has 14 heavy (non-hydrogen) atoms. The highest BCUT2D eigenvalue weighted by atomic mass is 15.2. The number of rotatable bonds is 1. The van der Waals surface area contributed by atoms with E-state index in [4.69, 9.17) is 5.41 Å². The second-order valence-corrected chi connectivity index (χ2v) is 4.24. The van der Waals surface area contributed by atoms with Crippen molar-refractivity contribution in [1.82, 2.24) is 5.32 Å². The summed E-state index contributed by atoms with van der Waals surface area (Å²) in [6, 6.07) is 9.68. The van der Waals surface area contributed by atoms with Gasteiger partial charge in [0.15, 0.2) is 5.96 Å². The fourth-order valence-corrected chi connectivity index (χ4v) is 1.07. The molecule has 1 aromatic carbocycles. The van der Waals surface area contributed by atoms with Crippen LogP contribution in [-0.4, -0.2) is 11.5 Å². The fraction of sp³-hybridized carbons (Fsp3) is 0.364. The lowest BCUT2D eigenvalue weighted by molar-refractivity contribution is 0.510. The van der Waals surface area contributed by atoms with E-state index < -0.39 is 0 Å². The largest absolute Gasteiger partial charge is 0.352 e. The van der Waals surface area contributed by atoms with Crippen molar-refractivity contribution in [2.75, 3.05) is 5.32 Å². The first-order valence-corrected chi connectivity index (χ1v) is 4.66. The SMILES string of the molecule is CC(C)(C)NC(=N)Nc1ccccc1. The van der Waals surface area contributed by atoms with Crippen LogP contribution >= 0.6 is 0 Å². The van der Waals surface area contributed by atoms with Crippen molar-refractivity contribution in [1.29, 1.82) is 5.41 Å². The van der Waals surface area contributed by atoms with Gasteiger partial charge in [0.05, 0.1) is 0 Å². The van der Waals surface area contributed by atoms with Crippen molar-refractivity contribution >= 4 is 11.6 Å². The van der Waals surface area contributed by atoms with Crippen LogP contribution < -0.4 is 10.6 Å². The lowest BCUT2D eigenvalue weighted by Crippen LogP contribution is -2.43. The zero-order valence-electron chi connectivity index (χ0n) is 8.89. The molecule has 0 aliphatic carbocycles. The summed E-state index contributed by atoms with van der Waals surface area (Å²) in [6.07, 6.45) is 0. The van der Waals surface area contributed by atoms with Crippen LogP contribution in [-0.2, 0) is 0 Å². The van der Waals surface area contributed by atoms with E-state index in [1.165, 1.54) is 0 Å². The number of hydrogen-bond donors (Lipinski definition) is 3. The zero-order valence-corrected chi connectivity index (χ0v) is 8.89. The molecule has 3 N–H and O–H groups in total. The maximum Gasteiger partial charge on any atom is 0.193 e. The van der Waals surface area contributed by atoms with Gasteiger partial charge in [-0.1, -0.05) is 18.2 Å². The quantitative estimate of drug-likeness (QED) is 0.471. The summed E-state index contributed by atoms with van der Waals surface area (Å²) < 4.78 is 0. The van der Waals surface area contributed by atoms with Crippen molar-refractivity contribution in [3.8, 4) is 0 Å². The Balaban J connectivity index is 2.50. The van der Waals surface area contributed by atoms with Gasteiger partial charge in [-0.05, 0) is 32.9 Å². The highest BCUT2D eigenvalue weighted by Gasteiger charge is 2.10. The molecule has 1 aromatic rings. The van der Waals surface area contributed by atoms with Crippen molar-refractivity contribution in [2.24, 2.45) is 0 Å². The van der Waals surface area contributed by atoms with Gasteiger partial charge in [0, 0.05) is 11.2 Å². The minimum Gasteiger partial charge on any atom is -0.352 e. The van der Waals surface area contributed by atoms with E-state index in [1.807, 2.05) is 51.1 Å². The normalized spacial score (nSPS) is 10.8. The number of nitrogens with one attached hydrogen (secondary N) is 3. The lowest BCUT2D eigenvalue weighted by atomic mass is 10.1. The van der Waals surface area contributed by atoms with Gasteiger partial charge in [0.25, 0.3) is 0 Å². The summed E-state index contributed by atoms with van der Waals surface area (Å²) in [4.78, 5) is 0. The monoisotopic (exact) mass is 191 g/mol. The predicted octanol–water partition coefficient (Wildman–Crippen LogP) is 2.42. The molecule has 0 unspecified atom stereocenters. The second-order valence-electron chi connectivity index (χ2n) is 4.24. The summed E-state index contributed by atoms with van der Waals surface area (Å²) in [5, 5.41) is 13.7. The van der Waals surface area contributed by atoms with Gasteiger partial charge in [0.1, 0.15) is 0 Å². The molecule has 0 saturated carbocycles. The Morgan fingerprint density at radius 3 is 2.21 bits per heavy atom. The molecule has 0 aliphatic heterocycles. The maximum atomic E-state index is 7.66. The fourth-order valence-electron chi connectivity index (χ4n) is 1.07. The van der Waals surface area contributed by atoms with E-state index in [2.05, 4.69) is 10.6 Å². The minimum atomic E-state index is -0.0845. The van der Waals surface area contributed by atoms with Crippen molar-refractivity contribution in [3.63, 3.8) is 0 Å². The van der Waals surface area contributed by atoms with Gasteiger partial charge in [-0.2, -0.15) is 0 Å². The van der Waals surface area contributed by atoms with Crippen LogP contribution in [0.5, 0.6) is 0 Å². The molecule has 3 nitrogen and oxygen atoms in total. The third-order valence-electron chi connectivity index (χ3n) is 1.54. The number of benzene rings is 1. The standard InChI is InChI=1S/C11H17N3/c1-11(2,3)14-10(12)13-9-7-5-4-6-8-9/h4-8H,1-3H3,(H3,12,13,14). The first kappa shape index (κ1) is 10.6. The Labute approximate surface area is 85.0 Å². The van der Waals surface area contributed by atoms with Crippen LogP contribution in [0.1, 0.15) is 20.8 Å². The Morgan fingerprint density at radius 1 is 1.14 bits per heavy atom. The Morgan fingerprint density at radius 2 is 1.71 bits per heavy atom. The predicted molar refractivity (Wildman–Crippen MR) is 60.7 cm³/mol.